The molecule has 0 saturated carbocycles. The summed E-state index contributed by atoms with van der Waals surface area (Å²) >= 11 is 0. The molecule has 23 heavy (non-hydrogen) atoms. The molecule has 0 rings (SSSR count). The number of alkyl halides is 12. The SMILES string of the molecule is CCCCCC.FC(F)(F)C(F)(F)C(F)(F)C(F)(F)C(F)(F)F. The van der Waals surface area contributed by atoms with Gasteiger partial charge >= 0.3 is 30.1 Å². The summed E-state index contributed by atoms with van der Waals surface area (Å²) in [5.41, 5.74) is 0. The molecule has 0 N–H and O–H groups in total. The zero-order valence-corrected chi connectivity index (χ0v) is 11.9. The largest absolute Gasteiger partial charge is 0.460 e. The Morgan fingerprint density at radius 2 is 0.652 bits per heavy atom. The molecule has 0 nitrogen and oxygen atoms in total. The van der Waals surface area contributed by atoms with Gasteiger partial charge in [0.2, 0.25) is 0 Å². The third kappa shape index (κ3) is 5.33. The Kier molecular flexibility index (Phi) is 8.30. The van der Waals surface area contributed by atoms with E-state index in [-0.39, 0.29) is 0 Å². The third-order valence-electron chi connectivity index (χ3n) is 2.46. The molecule has 0 aliphatic rings. The first-order valence-corrected chi connectivity index (χ1v) is 6.18. The summed E-state index contributed by atoms with van der Waals surface area (Å²) in [4.78, 5) is 0. The molecule has 0 heterocycles. The van der Waals surface area contributed by atoms with Gasteiger partial charge in [-0.1, -0.05) is 39.5 Å². The molecule has 0 aliphatic carbocycles. The summed E-state index contributed by atoms with van der Waals surface area (Å²) in [6.07, 6.45) is -8.98. The van der Waals surface area contributed by atoms with Gasteiger partial charge in [-0.15, -0.1) is 0 Å². The molecule has 0 aromatic carbocycles. The Balaban J connectivity index is 0. The van der Waals surface area contributed by atoms with Crippen molar-refractivity contribution in [2.75, 3.05) is 0 Å². The minimum atomic E-state index is -7.66. The van der Waals surface area contributed by atoms with Crippen LogP contribution < -0.4 is 0 Å². The first-order valence-electron chi connectivity index (χ1n) is 6.18. The second-order valence-electron chi connectivity index (χ2n) is 4.43. The van der Waals surface area contributed by atoms with Gasteiger partial charge in [-0.05, 0) is 0 Å². The summed E-state index contributed by atoms with van der Waals surface area (Å²) in [7, 11) is 0. The van der Waals surface area contributed by atoms with Crippen LogP contribution in [0.1, 0.15) is 39.5 Å². The summed E-state index contributed by atoms with van der Waals surface area (Å²) in [5, 5.41) is 0. The van der Waals surface area contributed by atoms with Gasteiger partial charge in [-0.25, -0.2) is 0 Å². The van der Waals surface area contributed by atoms with Gasteiger partial charge in [0, 0.05) is 0 Å². The van der Waals surface area contributed by atoms with Crippen LogP contribution in [0.5, 0.6) is 0 Å². The smallest absolute Gasteiger partial charge is 0.192 e. The lowest BCUT2D eigenvalue weighted by Gasteiger charge is -2.34. The highest BCUT2D eigenvalue weighted by atomic mass is 19.4. The maximum atomic E-state index is 12.0. The lowest BCUT2D eigenvalue weighted by atomic mass is 10.0. The standard InChI is InChI=1S/C6H14.C5F12/c1-3-5-6-4-2;6-1(7,2(8,9)4(12,13)14)3(10,11)5(15,16)17/h3-6H2,1-2H3;. The van der Waals surface area contributed by atoms with Crippen molar-refractivity contribution in [1.82, 2.24) is 0 Å². The summed E-state index contributed by atoms with van der Waals surface area (Å²) in [6.45, 7) is 4.46. The van der Waals surface area contributed by atoms with Crippen LogP contribution in [0.4, 0.5) is 52.7 Å². The zero-order valence-electron chi connectivity index (χ0n) is 11.9. The van der Waals surface area contributed by atoms with Crippen LogP contribution in [0.15, 0.2) is 0 Å². The Hall–Kier alpha value is -0.840. The van der Waals surface area contributed by atoms with Crippen LogP contribution in [0, 0.1) is 0 Å². The van der Waals surface area contributed by atoms with Crippen LogP contribution in [-0.4, -0.2) is 30.1 Å². The van der Waals surface area contributed by atoms with E-state index in [1.54, 1.807) is 0 Å². The molecular formula is C11H14F12. The monoisotopic (exact) mass is 374 g/mol. The fourth-order valence-corrected chi connectivity index (χ4v) is 1.05. The molecule has 0 fully saturated rings. The molecule has 0 unspecified atom stereocenters. The van der Waals surface area contributed by atoms with Crippen molar-refractivity contribution < 1.29 is 52.7 Å². The fourth-order valence-electron chi connectivity index (χ4n) is 1.05. The number of hydrogen-bond donors (Lipinski definition) is 0. The molecule has 0 aromatic rings. The van der Waals surface area contributed by atoms with Crippen LogP contribution in [0.3, 0.4) is 0 Å². The lowest BCUT2D eigenvalue weighted by molar-refractivity contribution is -0.438. The number of unbranched alkanes of at least 4 members (excludes halogenated alkanes) is 3. The van der Waals surface area contributed by atoms with Crippen LogP contribution in [-0.2, 0) is 0 Å². The molecule has 0 spiro atoms. The Morgan fingerprint density at radius 3 is 0.783 bits per heavy atom. The third-order valence-corrected chi connectivity index (χ3v) is 2.46. The second kappa shape index (κ2) is 7.82. The molecule has 0 bridgehead atoms. The molecule has 0 saturated heterocycles. The van der Waals surface area contributed by atoms with E-state index in [9.17, 15) is 52.7 Å². The van der Waals surface area contributed by atoms with E-state index in [2.05, 4.69) is 13.8 Å². The summed E-state index contributed by atoms with van der Waals surface area (Å²) < 4.78 is 139. The predicted molar refractivity (Wildman–Crippen MR) is 56.8 cm³/mol. The maximum Gasteiger partial charge on any atom is 0.460 e. The molecule has 0 aromatic heterocycles. The van der Waals surface area contributed by atoms with E-state index in [1.165, 1.54) is 25.7 Å². The van der Waals surface area contributed by atoms with Crippen molar-refractivity contribution in [2.45, 2.75) is 69.7 Å². The van der Waals surface area contributed by atoms with E-state index in [0.29, 0.717) is 0 Å². The Bertz CT molecular complexity index is 306. The Labute approximate surface area is 123 Å². The van der Waals surface area contributed by atoms with Gasteiger partial charge in [-0.2, -0.15) is 52.7 Å². The van der Waals surface area contributed by atoms with Gasteiger partial charge in [-0.3, -0.25) is 0 Å². The van der Waals surface area contributed by atoms with E-state index in [1.807, 2.05) is 0 Å². The van der Waals surface area contributed by atoms with Gasteiger partial charge in [0.15, 0.2) is 0 Å². The molecule has 0 amide bonds. The quantitative estimate of drug-likeness (QED) is 0.376. The highest BCUT2D eigenvalue weighted by Gasteiger charge is 2.88. The molecule has 12 heteroatoms. The topological polar surface area (TPSA) is 0 Å². The average Bonchev–Trinajstić information content (AvgIpc) is 2.33. The molecular weight excluding hydrogens is 360 g/mol. The number of rotatable bonds is 5. The number of hydrogen-bond acceptors (Lipinski definition) is 0. The summed E-state index contributed by atoms with van der Waals surface area (Å²) in [6, 6.07) is 0. The van der Waals surface area contributed by atoms with Crippen LogP contribution >= 0.6 is 0 Å². The highest BCUT2D eigenvalue weighted by molar-refractivity contribution is 5.03. The van der Waals surface area contributed by atoms with Gasteiger partial charge in [0.05, 0.1) is 0 Å². The second-order valence-corrected chi connectivity index (χ2v) is 4.43. The van der Waals surface area contributed by atoms with E-state index in [0.717, 1.165) is 0 Å². The summed E-state index contributed by atoms with van der Waals surface area (Å²) in [5.74, 6) is -22.7. The predicted octanol–water partition coefficient (Wildman–Crippen LogP) is 6.60. The maximum absolute atomic E-state index is 12.0. The molecule has 0 aliphatic heterocycles. The van der Waals surface area contributed by atoms with Crippen molar-refractivity contribution in [3.8, 4) is 0 Å². The van der Waals surface area contributed by atoms with Gasteiger partial charge < -0.3 is 0 Å². The average molecular weight is 374 g/mol. The van der Waals surface area contributed by atoms with Crippen molar-refractivity contribution in [3.63, 3.8) is 0 Å². The van der Waals surface area contributed by atoms with Crippen molar-refractivity contribution in [2.24, 2.45) is 0 Å². The molecule has 142 valence electrons. The van der Waals surface area contributed by atoms with Crippen LogP contribution in [0.25, 0.3) is 0 Å². The van der Waals surface area contributed by atoms with E-state index >= 15 is 0 Å². The van der Waals surface area contributed by atoms with Gasteiger partial charge in [0.25, 0.3) is 0 Å². The normalized spacial score (nSPS) is 14.3. The van der Waals surface area contributed by atoms with E-state index in [4.69, 9.17) is 0 Å². The minimum Gasteiger partial charge on any atom is -0.192 e. The zero-order chi connectivity index (χ0) is 19.3. The fraction of sp³-hybridized carbons (Fsp3) is 1.00. The van der Waals surface area contributed by atoms with Crippen LogP contribution in [0.2, 0.25) is 0 Å². The molecule has 0 radical (unpaired) electrons. The highest BCUT2D eigenvalue weighted by Crippen LogP contribution is 2.57. The first kappa shape index (κ1) is 24.4. The van der Waals surface area contributed by atoms with Crippen molar-refractivity contribution in [3.05, 3.63) is 0 Å². The van der Waals surface area contributed by atoms with Gasteiger partial charge in [0.1, 0.15) is 0 Å². The first-order chi connectivity index (χ1) is 9.91. The van der Waals surface area contributed by atoms with Crippen molar-refractivity contribution >= 4 is 0 Å². The lowest BCUT2D eigenvalue weighted by Crippen LogP contribution is -2.65. The minimum absolute atomic E-state index is 1.36. The molecule has 0 atom stereocenters. The van der Waals surface area contributed by atoms with E-state index < -0.39 is 30.1 Å². The Morgan fingerprint density at radius 1 is 0.435 bits per heavy atom. The van der Waals surface area contributed by atoms with Crippen molar-refractivity contribution in [1.29, 1.82) is 0 Å². The number of halogens is 12.